The van der Waals surface area contributed by atoms with E-state index in [-0.39, 0.29) is 11.1 Å². The number of nitrogens with zero attached hydrogens (tertiary/aromatic N) is 2. The van der Waals surface area contributed by atoms with E-state index in [9.17, 15) is 14.7 Å². The first-order chi connectivity index (χ1) is 12.6. The molecule has 2 N–H and O–H groups in total. The van der Waals surface area contributed by atoms with Crippen LogP contribution in [0.1, 0.15) is 27.9 Å². The van der Waals surface area contributed by atoms with Gasteiger partial charge in [0.2, 0.25) is 0 Å². The number of carboxylic acid groups (broad SMARTS) is 1. The van der Waals surface area contributed by atoms with Gasteiger partial charge in [0.25, 0.3) is 5.56 Å². The third-order valence-electron chi connectivity index (χ3n) is 4.69. The van der Waals surface area contributed by atoms with E-state index in [1.54, 1.807) is 24.3 Å². The number of hydrogen-bond donors (Lipinski definition) is 2. The molecule has 0 saturated heterocycles. The van der Waals surface area contributed by atoms with Gasteiger partial charge in [-0.25, -0.2) is 4.79 Å². The van der Waals surface area contributed by atoms with Crippen LogP contribution in [0.25, 0.3) is 10.9 Å². The van der Waals surface area contributed by atoms with Crippen LogP contribution >= 0.6 is 0 Å². The number of H-pyrrole nitrogens is 1. The van der Waals surface area contributed by atoms with Crippen molar-refractivity contribution in [1.82, 2.24) is 4.98 Å². The summed E-state index contributed by atoms with van der Waals surface area (Å²) >= 11 is 0. The maximum Gasteiger partial charge on any atom is 0.335 e. The van der Waals surface area contributed by atoms with Crippen molar-refractivity contribution < 1.29 is 9.90 Å². The van der Waals surface area contributed by atoms with Gasteiger partial charge in [-0.15, -0.1) is 0 Å². The minimum atomic E-state index is -1.01. The highest BCUT2D eigenvalue weighted by molar-refractivity contribution is 5.94. The SMILES string of the molecule is N#Cc1ccc2c(c1)CCCN2c1cc2cc(C(=O)O)ccc2[nH]c1=O. The molecule has 0 atom stereocenters. The number of aromatic nitrogens is 1. The molecular formula is C20H15N3O3. The molecule has 4 rings (SSSR count). The van der Waals surface area contributed by atoms with Gasteiger partial charge in [-0.2, -0.15) is 5.26 Å². The Labute approximate surface area is 148 Å². The van der Waals surface area contributed by atoms with E-state index in [2.05, 4.69) is 11.1 Å². The zero-order valence-electron chi connectivity index (χ0n) is 13.8. The summed E-state index contributed by atoms with van der Waals surface area (Å²) in [6.07, 6.45) is 1.73. The normalized spacial score (nSPS) is 13.3. The fraction of sp³-hybridized carbons (Fsp3) is 0.150. The summed E-state index contributed by atoms with van der Waals surface area (Å²) in [5.41, 5.74) is 3.57. The molecule has 0 spiro atoms. The molecule has 1 aromatic heterocycles. The Balaban J connectivity index is 1.87. The van der Waals surface area contributed by atoms with Crippen LogP contribution in [0.3, 0.4) is 0 Å². The Hall–Kier alpha value is -3.59. The molecule has 128 valence electrons. The number of aromatic carboxylic acids is 1. The Bertz CT molecular complexity index is 1140. The first-order valence-electron chi connectivity index (χ1n) is 8.28. The van der Waals surface area contributed by atoms with Crippen molar-refractivity contribution in [3.8, 4) is 6.07 Å². The highest BCUT2D eigenvalue weighted by Crippen LogP contribution is 2.33. The zero-order valence-corrected chi connectivity index (χ0v) is 13.8. The third kappa shape index (κ3) is 2.60. The predicted octanol–water partition coefficient (Wildman–Crippen LogP) is 3.18. The number of fused-ring (bicyclic) bond motifs is 2. The van der Waals surface area contributed by atoms with Crippen molar-refractivity contribution in [3.05, 3.63) is 69.5 Å². The van der Waals surface area contributed by atoms with Crippen molar-refractivity contribution in [2.24, 2.45) is 0 Å². The van der Waals surface area contributed by atoms with Gasteiger partial charge in [-0.3, -0.25) is 4.79 Å². The first-order valence-corrected chi connectivity index (χ1v) is 8.28. The molecule has 1 aliphatic rings. The number of nitriles is 1. The standard InChI is InChI=1S/C20H15N3O3/c21-11-12-3-6-17-13(8-12)2-1-7-23(17)18-10-15-9-14(20(25)26)4-5-16(15)22-19(18)24/h3-6,8-10H,1-2,7H2,(H,22,24)(H,25,26). The largest absolute Gasteiger partial charge is 0.478 e. The monoisotopic (exact) mass is 345 g/mol. The highest BCUT2D eigenvalue weighted by Gasteiger charge is 2.21. The van der Waals surface area contributed by atoms with E-state index in [0.717, 1.165) is 24.1 Å². The maximum absolute atomic E-state index is 12.6. The van der Waals surface area contributed by atoms with Crippen LogP contribution in [-0.2, 0) is 6.42 Å². The van der Waals surface area contributed by atoms with E-state index < -0.39 is 5.97 Å². The van der Waals surface area contributed by atoms with Crippen LogP contribution in [0.15, 0.2) is 47.3 Å². The summed E-state index contributed by atoms with van der Waals surface area (Å²) in [4.78, 5) is 28.6. The predicted molar refractivity (Wildman–Crippen MR) is 98.0 cm³/mol. The minimum Gasteiger partial charge on any atom is -0.478 e. The van der Waals surface area contributed by atoms with Gasteiger partial charge in [-0.1, -0.05) is 0 Å². The molecule has 0 bridgehead atoms. The van der Waals surface area contributed by atoms with Crippen molar-refractivity contribution in [2.45, 2.75) is 12.8 Å². The number of carbonyl (C=O) groups is 1. The van der Waals surface area contributed by atoms with Gasteiger partial charge < -0.3 is 15.0 Å². The Morgan fingerprint density at radius 1 is 1.15 bits per heavy atom. The van der Waals surface area contributed by atoms with Gasteiger partial charge in [0.1, 0.15) is 5.69 Å². The van der Waals surface area contributed by atoms with Gasteiger partial charge in [-0.05, 0) is 60.9 Å². The smallest absolute Gasteiger partial charge is 0.335 e. The van der Waals surface area contributed by atoms with Crippen LogP contribution in [-0.4, -0.2) is 22.6 Å². The average Bonchev–Trinajstić information content (AvgIpc) is 2.66. The molecule has 0 radical (unpaired) electrons. The van der Waals surface area contributed by atoms with Crippen molar-refractivity contribution in [1.29, 1.82) is 5.26 Å². The number of pyridine rings is 1. The van der Waals surface area contributed by atoms with Crippen molar-refractivity contribution in [3.63, 3.8) is 0 Å². The van der Waals surface area contributed by atoms with E-state index in [1.165, 1.54) is 6.07 Å². The number of benzene rings is 2. The second-order valence-electron chi connectivity index (χ2n) is 6.30. The third-order valence-corrected chi connectivity index (χ3v) is 4.69. The number of anilines is 2. The van der Waals surface area contributed by atoms with Crippen LogP contribution in [0.4, 0.5) is 11.4 Å². The second kappa shape index (κ2) is 6.05. The van der Waals surface area contributed by atoms with Crippen molar-refractivity contribution >= 4 is 28.2 Å². The molecule has 0 amide bonds. The minimum absolute atomic E-state index is 0.174. The topological polar surface area (TPSA) is 97.2 Å². The lowest BCUT2D eigenvalue weighted by Crippen LogP contribution is -2.29. The van der Waals surface area contributed by atoms with E-state index in [1.807, 2.05) is 17.0 Å². The summed E-state index contributed by atoms with van der Waals surface area (Å²) < 4.78 is 0. The molecule has 1 aliphatic heterocycles. The first kappa shape index (κ1) is 15.9. The second-order valence-corrected chi connectivity index (χ2v) is 6.30. The number of hydrogen-bond acceptors (Lipinski definition) is 4. The molecule has 6 heteroatoms. The Morgan fingerprint density at radius 3 is 2.77 bits per heavy atom. The van der Waals surface area contributed by atoms with E-state index in [4.69, 9.17) is 5.26 Å². The summed E-state index contributed by atoms with van der Waals surface area (Å²) in [7, 11) is 0. The number of nitrogens with one attached hydrogen (secondary N) is 1. The number of aromatic amines is 1. The van der Waals surface area contributed by atoms with Crippen LogP contribution in [0.2, 0.25) is 0 Å². The lowest BCUT2D eigenvalue weighted by Gasteiger charge is -2.31. The Kier molecular flexibility index (Phi) is 3.70. The maximum atomic E-state index is 12.6. The lowest BCUT2D eigenvalue weighted by atomic mass is 9.99. The molecule has 3 aromatic rings. The fourth-order valence-corrected chi connectivity index (χ4v) is 3.45. The highest BCUT2D eigenvalue weighted by atomic mass is 16.4. The van der Waals surface area contributed by atoms with Crippen molar-refractivity contribution in [2.75, 3.05) is 11.4 Å². The van der Waals surface area contributed by atoms with Gasteiger partial charge in [0.05, 0.1) is 17.2 Å². The van der Waals surface area contributed by atoms with E-state index >= 15 is 0 Å². The molecule has 6 nitrogen and oxygen atoms in total. The summed E-state index contributed by atoms with van der Waals surface area (Å²) in [6.45, 7) is 0.687. The molecule has 0 unspecified atom stereocenters. The Morgan fingerprint density at radius 2 is 2.00 bits per heavy atom. The fourth-order valence-electron chi connectivity index (χ4n) is 3.45. The molecule has 2 aromatic carbocycles. The molecule has 0 fully saturated rings. The quantitative estimate of drug-likeness (QED) is 0.743. The molecule has 0 saturated carbocycles. The van der Waals surface area contributed by atoms with Gasteiger partial charge in [0, 0.05) is 23.1 Å². The van der Waals surface area contributed by atoms with E-state index in [0.29, 0.717) is 28.7 Å². The zero-order chi connectivity index (χ0) is 18.3. The molecule has 26 heavy (non-hydrogen) atoms. The summed E-state index contributed by atoms with van der Waals surface area (Å²) in [5, 5.41) is 18.9. The van der Waals surface area contributed by atoms with Crippen LogP contribution in [0, 0.1) is 11.3 Å². The molecular weight excluding hydrogens is 330 g/mol. The van der Waals surface area contributed by atoms with Gasteiger partial charge >= 0.3 is 5.97 Å². The number of aryl methyl sites for hydroxylation is 1. The number of carboxylic acids is 1. The van der Waals surface area contributed by atoms with Crippen LogP contribution < -0.4 is 10.5 Å². The number of rotatable bonds is 2. The van der Waals surface area contributed by atoms with Crippen LogP contribution in [0.5, 0.6) is 0 Å². The molecule has 2 heterocycles. The van der Waals surface area contributed by atoms with Gasteiger partial charge in [0.15, 0.2) is 0 Å². The summed E-state index contributed by atoms with van der Waals surface area (Å²) in [6, 6.07) is 14.0. The summed E-state index contributed by atoms with van der Waals surface area (Å²) in [5.74, 6) is -1.01. The average molecular weight is 345 g/mol. The molecule has 0 aliphatic carbocycles. The lowest BCUT2D eigenvalue weighted by molar-refractivity contribution is 0.0697.